The van der Waals surface area contributed by atoms with E-state index in [2.05, 4.69) is 24.5 Å². The molecule has 14 heavy (non-hydrogen) atoms. The third kappa shape index (κ3) is 6.89. The summed E-state index contributed by atoms with van der Waals surface area (Å²) >= 11 is 0. The van der Waals surface area contributed by atoms with Gasteiger partial charge in [0.1, 0.15) is 0 Å². The lowest BCUT2D eigenvalue weighted by Gasteiger charge is -2.18. The van der Waals surface area contributed by atoms with Gasteiger partial charge in [0.25, 0.3) is 0 Å². The third-order valence-corrected chi connectivity index (χ3v) is 2.57. The number of nitrogens with one attached hydrogen (secondary N) is 2. The van der Waals surface area contributed by atoms with Crippen LogP contribution >= 0.6 is 0 Å². The molecule has 0 aliphatic rings. The Hall–Kier alpha value is -0.570. The highest BCUT2D eigenvalue weighted by molar-refractivity contribution is 5.46. The van der Waals surface area contributed by atoms with Crippen molar-refractivity contribution in [1.82, 2.24) is 10.6 Å². The fourth-order valence-corrected chi connectivity index (χ4v) is 1.45. The van der Waals surface area contributed by atoms with E-state index in [0.29, 0.717) is 0 Å². The highest BCUT2D eigenvalue weighted by atomic mass is 16.1. The Morgan fingerprint density at radius 2 is 2.07 bits per heavy atom. The van der Waals surface area contributed by atoms with Crippen molar-refractivity contribution in [1.29, 1.82) is 0 Å². The Kier molecular flexibility index (Phi) is 8.64. The lowest BCUT2D eigenvalue weighted by Crippen LogP contribution is -2.41. The van der Waals surface area contributed by atoms with Crippen LogP contribution in [-0.2, 0) is 4.79 Å². The molecule has 2 N–H and O–H groups in total. The Morgan fingerprint density at radius 3 is 2.57 bits per heavy atom. The first-order valence-electron chi connectivity index (χ1n) is 5.67. The summed E-state index contributed by atoms with van der Waals surface area (Å²) in [7, 11) is 0. The molecule has 0 spiro atoms. The minimum absolute atomic E-state index is 0.0863. The van der Waals surface area contributed by atoms with Gasteiger partial charge < -0.3 is 5.32 Å². The second-order valence-corrected chi connectivity index (χ2v) is 3.83. The van der Waals surface area contributed by atoms with Crippen LogP contribution in [0.25, 0.3) is 0 Å². The molecule has 0 aliphatic carbocycles. The van der Waals surface area contributed by atoms with E-state index in [-0.39, 0.29) is 6.17 Å². The van der Waals surface area contributed by atoms with Gasteiger partial charge in [0.15, 0.2) is 0 Å². The predicted molar refractivity (Wildman–Crippen MR) is 60.0 cm³/mol. The van der Waals surface area contributed by atoms with Crippen molar-refractivity contribution < 1.29 is 4.79 Å². The summed E-state index contributed by atoms with van der Waals surface area (Å²) < 4.78 is 0. The maximum absolute atomic E-state index is 10.2. The quantitative estimate of drug-likeness (QED) is 0.441. The number of rotatable bonds is 9. The molecule has 3 nitrogen and oxygen atoms in total. The molecule has 0 radical (unpaired) electrons. The normalized spacial score (nSPS) is 14.8. The molecular formula is C11H24N2O. The SMILES string of the molecule is CCCCC(CC)CNC(C)NC=O. The Bertz CT molecular complexity index is 139. The zero-order chi connectivity index (χ0) is 10.8. The summed E-state index contributed by atoms with van der Waals surface area (Å²) in [4.78, 5) is 10.2. The van der Waals surface area contributed by atoms with Crippen LogP contribution in [0.2, 0.25) is 0 Å². The second kappa shape index (κ2) is 9.00. The molecule has 2 unspecified atom stereocenters. The Balaban J connectivity index is 3.54. The van der Waals surface area contributed by atoms with E-state index in [9.17, 15) is 4.79 Å². The summed E-state index contributed by atoms with van der Waals surface area (Å²) in [6.07, 6.45) is 5.89. The van der Waals surface area contributed by atoms with Crippen molar-refractivity contribution in [2.24, 2.45) is 5.92 Å². The van der Waals surface area contributed by atoms with Crippen LogP contribution < -0.4 is 10.6 Å². The molecule has 0 saturated carbocycles. The lowest BCUT2D eigenvalue weighted by molar-refractivity contribution is -0.110. The largest absolute Gasteiger partial charge is 0.344 e. The fraction of sp³-hybridized carbons (Fsp3) is 0.909. The number of unbranched alkanes of at least 4 members (excludes halogenated alkanes) is 1. The van der Waals surface area contributed by atoms with Gasteiger partial charge in [-0.15, -0.1) is 0 Å². The number of hydrogen-bond acceptors (Lipinski definition) is 2. The van der Waals surface area contributed by atoms with Crippen LogP contribution in [-0.4, -0.2) is 19.1 Å². The van der Waals surface area contributed by atoms with Crippen LogP contribution in [0.5, 0.6) is 0 Å². The summed E-state index contributed by atoms with van der Waals surface area (Å²) in [5.74, 6) is 0.742. The molecule has 0 aromatic rings. The first-order chi connectivity index (χ1) is 6.74. The van der Waals surface area contributed by atoms with Crippen molar-refractivity contribution in [3.8, 4) is 0 Å². The number of carbonyl (C=O) groups excluding carboxylic acids is 1. The van der Waals surface area contributed by atoms with Gasteiger partial charge in [-0.05, 0) is 25.8 Å². The van der Waals surface area contributed by atoms with Crippen molar-refractivity contribution >= 4 is 6.41 Å². The topological polar surface area (TPSA) is 41.1 Å². The average Bonchev–Trinajstić information content (AvgIpc) is 2.19. The molecule has 0 aliphatic heterocycles. The molecule has 3 heteroatoms. The minimum Gasteiger partial charge on any atom is -0.344 e. The standard InChI is InChI=1S/C11H24N2O/c1-4-6-7-11(5-2)8-12-10(3)13-9-14/h9-12H,4-8H2,1-3H3,(H,13,14). The third-order valence-electron chi connectivity index (χ3n) is 2.57. The molecular weight excluding hydrogens is 176 g/mol. The predicted octanol–water partition coefficient (Wildman–Crippen LogP) is 1.88. The Labute approximate surface area is 87.6 Å². The monoisotopic (exact) mass is 200 g/mol. The molecule has 1 amide bonds. The van der Waals surface area contributed by atoms with Crippen LogP contribution in [0.15, 0.2) is 0 Å². The van der Waals surface area contributed by atoms with Gasteiger partial charge in [-0.1, -0.05) is 33.1 Å². The minimum atomic E-state index is 0.0863. The molecule has 0 fully saturated rings. The summed E-state index contributed by atoms with van der Waals surface area (Å²) in [6.45, 7) is 7.40. The van der Waals surface area contributed by atoms with Gasteiger partial charge in [-0.3, -0.25) is 10.1 Å². The van der Waals surface area contributed by atoms with Crippen molar-refractivity contribution in [2.45, 2.75) is 52.6 Å². The summed E-state index contributed by atoms with van der Waals surface area (Å²) in [6, 6.07) is 0. The molecule has 0 aromatic carbocycles. The number of carbonyl (C=O) groups is 1. The molecule has 2 atom stereocenters. The van der Waals surface area contributed by atoms with E-state index in [1.807, 2.05) is 6.92 Å². The van der Waals surface area contributed by atoms with Crippen molar-refractivity contribution in [3.05, 3.63) is 0 Å². The average molecular weight is 200 g/mol. The first-order valence-corrected chi connectivity index (χ1v) is 5.67. The molecule has 0 heterocycles. The van der Waals surface area contributed by atoms with E-state index in [1.54, 1.807) is 0 Å². The van der Waals surface area contributed by atoms with Gasteiger partial charge in [0.05, 0.1) is 6.17 Å². The molecule has 0 saturated heterocycles. The molecule has 0 rings (SSSR count). The smallest absolute Gasteiger partial charge is 0.208 e. The molecule has 0 aromatic heterocycles. The van der Waals surface area contributed by atoms with Gasteiger partial charge in [-0.2, -0.15) is 0 Å². The Morgan fingerprint density at radius 1 is 1.36 bits per heavy atom. The number of amides is 1. The summed E-state index contributed by atoms with van der Waals surface area (Å²) in [5, 5.41) is 5.99. The van der Waals surface area contributed by atoms with Crippen LogP contribution in [0, 0.1) is 5.92 Å². The van der Waals surface area contributed by atoms with Crippen LogP contribution in [0.1, 0.15) is 46.5 Å². The highest BCUT2D eigenvalue weighted by Crippen LogP contribution is 2.11. The van der Waals surface area contributed by atoms with E-state index >= 15 is 0 Å². The molecule has 84 valence electrons. The van der Waals surface area contributed by atoms with E-state index in [1.165, 1.54) is 25.7 Å². The molecule has 0 bridgehead atoms. The van der Waals surface area contributed by atoms with Crippen molar-refractivity contribution in [2.75, 3.05) is 6.54 Å². The lowest BCUT2D eigenvalue weighted by atomic mass is 9.99. The van der Waals surface area contributed by atoms with Crippen LogP contribution in [0.4, 0.5) is 0 Å². The fourth-order valence-electron chi connectivity index (χ4n) is 1.45. The zero-order valence-corrected chi connectivity index (χ0v) is 9.68. The van der Waals surface area contributed by atoms with Crippen molar-refractivity contribution in [3.63, 3.8) is 0 Å². The van der Waals surface area contributed by atoms with E-state index in [0.717, 1.165) is 18.9 Å². The van der Waals surface area contributed by atoms with Gasteiger partial charge in [-0.25, -0.2) is 0 Å². The second-order valence-electron chi connectivity index (χ2n) is 3.83. The maximum Gasteiger partial charge on any atom is 0.208 e. The summed E-state index contributed by atoms with van der Waals surface area (Å²) in [5.41, 5.74) is 0. The zero-order valence-electron chi connectivity index (χ0n) is 9.68. The van der Waals surface area contributed by atoms with Gasteiger partial charge in [0.2, 0.25) is 6.41 Å². The highest BCUT2D eigenvalue weighted by Gasteiger charge is 2.06. The van der Waals surface area contributed by atoms with E-state index in [4.69, 9.17) is 0 Å². The van der Waals surface area contributed by atoms with Gasteiger partial charge in [0, 0.05) is 0 Å². The van der Waals surface area contributed by atoms with Gasteiger partial charge >= 0.3 is 0 Å². The first kappa shape index (κ1) is 13.4. The van der Waals surface area contributed by atoms with Crippen LogP contribution in [0.3, 0.4) is 0 Å². The number of hydrogen-bond donors (Lipinski definition) is 2. The van der Waals surface area contributed by atoms with E-state index < -0.39 is 0 Å². The maximum atomic E-state index is 10.2.